The summed E-state index contributed by atoms with van der Waals surface area (Å²) in [6.45, 7) is 13.8. The minimum atomic E-state index is 0.822. The van der Waals surface area contributed by atoms with Gasteiger partial charge in [0.1, 0.15) is 12.2 Å². The van der Waals surface area contributed by atoms with Gasteiger partial charge in [-0.1, -0.05) is 13.8 Å². The number of nitrogens with zero attached hydrogens (tertiary/aromatic N) is 5. The fraction of sp³-hybridized carbons (Fsp3) is 0.842. The molecule has 0 bridgehead atoms. The SMILES string of the molecule is CCNC(=NCCCCN1CCCC(C)C1)NCCn1cnnc1CC. The Morgan fingerprint density at radius 2 is 2.15 bits per heavy atom. The highest BCUT2D eigenvalue weighted by Crippen LogP contribution is 2.15. The van der Waals surface area contributed by atoms with Gasteiger partial charge in [-0.3, -0.25) is 4.99 Å². The number of guanidine groups is 1. The predicted octanol–water partition coefficient (Wildman–Crippen LogP) is 1.91. The molecular formula is C19H37N7. The van der Waals surface area contributed by atoms with E-state index in [-0.39, 0.29) is 0 Å². The Bertz CT molecular complexity index is 526. The molecule has 0 aromatic carbocycles. The van der Waals surface area contributed by atoms with E-state index in [2.05, 4.69) is 51.1 Å². The molecule has 1 aliphatic heterocycles. The van der Waals surface area contributed by atoms with Gasteiger partial charge in [-0.2, -0.15) is 0 Å². The molecule has 1 aromatic rings. The highest BCUT2D eigenvalue weighted by atomic mass is 15.3. The first-order chi connectivity index (χ1) is 12.7. The van der Waals surface area contributed by atoms with Gasteiger partial charge in [0.2, 0.25) is 0 Å². The minimum Gasteiger partial charge on any atom is -0.357 e. The van der Waals surface area contributed by atoms with Gasteiger partial charge >= 0.3 is 0 Å². The molecule has 148 valence electrons. The van der Waals surface area contributed by atoms with E-state index < -0.39 is 0 Å². The third kappa shape index (κ3) is 7.32. The summed E-state index contributed by atoms with van der Waals surface area (Å²) in [6, 6.07) is 0. The van der Waals surface area contributed by atoms with Crippen LogP contribution in [0.15, 0.2) is 11.3 Å². The summed E-state index contributed by atoms with van der Waals surface area (Å²) in [4.78, 5) is 7.32. The molecular weight excluding hydrogens is 326 g/mol. The molecule has 0 amide bonds. The lowest BCUT2D eigenvalue weighted by Crippen LogP contribution is -2.39. The van der Waals surface area contributed by atoms with Gasteiger partial charge in [-0.15, -0.1) is 10.2 Å². The van der Waals surface area contributed by atoms with E-state index in [1.54, 1.807) is 6.33 Å². The number of hydrogen-bond acceptors (Lipinski definition) is 4. The molecule has 1 unspecified atom stereocenters. The van der Waals surface area contributed by atoms with Crippen LogP contribution in [-0.4, -0.2) is 64.9 Å². The van der Waals surface area contributed by atoms with Crippen LogP contribution in [0.25, 0.3) is 0 Å². The second-order valence-electron chi connectivity index (χ2n) is 7.24. The first kappa shape index (κ1) is 20.7. The second kappa shape index (κ2) is 11.9. The molecule has 0 saturated carbocycles. The third-order valence-electron chi connectivity index (χ3n) is 4.89. The van der Waals surface area contributed by atoms with Gasteiger partial charge in [0.05, 0.1) is 0 Å². The summed E-state index contributed by atoms with van der Waals surface area (Å²) in [5, 5.41) is 14.8. The number of aryl methyl sites for hydroxylation is 1. The van der Waals surface area contributed by atoms with Gasteiger partial charge in [-0.05, 0) is 51.6 Å². The normalized spacial score (nSPS) is 18.9. The lowest BCUT2D eigenvalue weighted by Gasteiger charge is -2.30. The lowest BCUT2D eigenvalue weighted by atomic mass is 10.0. The van der Waals surface area contributed by atoms with Crippen LogP contribution in [0.1, 0.15) is 52.3 Å². The number of rotatable bonds is 10. The van der Waals surface area contributed by atoms with Crippen LogP contribution in [0.3, 0.4) is 0 Å². The monoisotopic (exact) mass is 363 g/mol. The van der Waals surface area contributed by atoms with E-state index >= 15 is 0 Å². The summed E-state index contributed by atoms with van der Waals surface area (Å²) in [6.07, 6.45) is 7.84. The summed E-state index contributed by atoms with van der Waals surface area (Å²) < 4.78 is 2.09. The van der Waals surface area contributed by atoms with E-state index in [0.29, 0.717) is 0 Å². The fourth-order valence-corrected chi connectivity index (χ4v) is 3.50. The molecule has 7 heteroatoms. The first-order valence-corrected chi connectivity index (χ1v) is 10.3. The molecule has 1 fully saturated rings. The summed E-state index contributed by atoms with van der Waals surface area (Å²) in [5.74, 6) is 2.80. The van der Waals surface area contributed by atoms with Crippen molar-refractivity contribution in [1.82, 2.24) is 30.3 Å². The first-order valence-electron chi connectivity index (χ1n) is 10.3. The van der Waals surface area contributed by atoms with Crippen LogP contribution >= 0.6 is 0 Å². The van der Waals surface area contributed by atoms with Crippen LogP contribution in [0, 0.1) is 5.92 Å². The Hall–Kier alpha value is -1.63. The molecule has 0 radical (unpaired) electrons. The maximum Gasteiger partial charge on any atom is 0.191 e. The van der Waals surface area contributed by atoms with Gasteiger partial charge in [0.25, 0.3) is 0 Å². The lowest BCUT2D eigenvalue weighted by molar-refractivity contribution is 0.181. The topological polar surface area (TPSA) is 70.4 Å². The van der Waals surface area contributed by atoms with Crippen molar-refractivity contribution in [3.8, 4) is 0 Å². The van der Waals surface area contributed by atoms with E-state index in [0.717, 1.165) is 56.7 Å². The molecule has 1 aliphatic rings. The Balaban J connectivity index is 1.64. The van der Waals surface area contributed by atoms with Gasteiger partial charge < -0.3 is 20.1 Å². The molecule has 0 aliphatic carbocycles. The third-order valence-corrected chi connectivity index (χ3v) is 4.89. The smallest absolute Gasteiger partial charge is 0.191 e. The number of piperidine rings is 1. The van der Waals surface area contributed by atoms with Gasteiger partial charge in [0.15, 0.2) is 5.96 Å². The number of likely N-dealkylation sites (tertiary alicyclic amines) is 1. The fourth-order valence-electron chi connectivity index (χ4n) is 3.50. The van der Waals surface area contributed by atoms with Crippen LogP contribution in [-0.2, 0) is 13.0 Å². The van der Waals surface area contributed by atoms with E-state index in [4.69, 9.17) is 4.99 Å². The Kier molecular flexibility index (Phi) is 9.45. The molecule has 1 saturated heterocycles. The number of unbranched alkanes of at least 4 members (excludes halogenated alkanes) is 1. The molecule has 1 atom stereocenters. The predicted molar refractivity (Wildman–Crippen MR) is 107 cm³/mol. The minimum absolute atomic E-state index is 0.822. The highest BCUT2D eigenvalue weighted by molar-refractivity contribution is 5.79. The average Bonchev–Trinajstić information content (AvgIpc) is 3.09. The number of nitrogens with one attached hydrogen (secondary N) is 2. The largest absolute Gasteiger partial charge is 0.357 e. The maximum absolute atomic E-state index is 4.71. The van der Waals surface area contributed by atoms with Crippen LogP contribution in [0.2, 0.25) is 0 Å². The zero-order chi connectivity index (χ0) is 18.6. The Morgan fingerprint density at radius 1 is 1.27 bits per heavy atom. The highest BCUT2D eigenvalue weighted by Gasteiger charge is 2.15. The van der Waals surface area contributed by atoms with Crippen molar-refractivity contribution >= 4 is 5.96 Å². The molecule has 2 N–H and O–H groups in total. The summed E-state index contributed by atoms with van der Waals surface area (Å²) >= 11 is 0. The average molecular weight is 364 g/mol. The molecule has 2 heterocycles. The summed E-state index contributed by atoms with van der Waals surface area (Å²) in [7, 11) is 0. The van der Waals surface area contributed by atoms with Crippen molar-refractivity contribution in [3.05, 3.63) is 12.2 Å². The zero-order valence-corrected chi connectivity index (χ0v) is 16.9. The van der Waals surface area contributed by atoms with Crippen molar-refractivity contribution in [1.29, 1.82) is 0 Å². The number of aliphatic imine (C=N–C) groups is 1. The maximum atomic E-state index is 4.71. The van der Waals surface area contributed by atoms with E-state index in [1.165, 1.54) is 38.9 Å². The van der Waals surface area contributed by atoms with Crippen LogP contribution < -0.4 is 10.6 Å². The van der Waals surface area contributed by atoms with Gasteiger partial charge in [-0.25, -0.2) is 0 Å². The second-order valence-corrected chi connectivity index (χ2v) is 7.24. The van der Waals surface area contributed by atoms with E-state index in [1.807, 2.05) is 0 Å². The van der Waals surface area contributed by atoms with Crippen molar-refractivity contribution in [3.63, 3.8) is 0 Å². The molecule has 26 heavy (non-hydrogen) atoms. The Labute approximate surface area is 158 Å². The molecule has 2 rings (SSSR count). The number of aromatic nitrogens is 3. The molecule has 1 aromatic heterocycles. The Morgan fingerprint density at radius 3 is 2.92 bits per heavy atom. The standard InChI is InChI=1S/C19H37N7/c1-4-18-24-23-16-26(18)14-11-22-19(20-5-2)21-10-6-7-12-25-13-8-9-17(3)15-25/h16-17H,4-15H2,1-3H3,(H2,20,21,22). The van der Waals surface area contributed by atoms with E-state index in [9.17, 15) is 0 Å². The number of hydrogen-bond donors (Lipinski definition) is 2. The molecule has 0 spiro atoms. The molecule has 7 nitrogen and oxygen atoms in total. The van der Waals surface area contributed by atoms with Gasteiger partial charge in [0, 0.05) is 39.1 Å². The zero-order valence-electron chi connectivity index (χ0n) is 16.9. The summed E-state index contributed by atoms with van der Waals surface area (Å²) in [5.41, 5.74) is 0. The van der Waals surface area contributed by atoms with Crippen LogP contribution in [0.4, 0.5) is 0 Å². The van der Waals surface area contributed by atoms with Crippen molar-refractivity contribution < 1.29 is 0 Å². The van der Waals surface area contributed by atoms with Crippen molar-refractivity contribution in [2.75, 3.05) is 39.3 Å². The van der Waals surface area contributed by atoms with Crippen molar-refractivity contribution in [2.24, 2.45) is 10.9 Å². The van der Waals surface area contributed by atoms with Crippen molar-refractivity contribution in [2.45, 2.75) is 59.4 Å². The van der Waals surface area contributed by atoms with Crippen LogP contribution in [0.5, 0.6) is 0 Å². The quantitative estimate of drug-likeness (QED) is 0.377.